The molecular formula is C18H18N2O4S. The number of fused-ring (bicyclic) bond motifs is 1. The molecular weight excluding hydrogens is 340 g/mol. The van der Waals surface area contributed by atoms with E-state index in [9.17, 15) is 14.7 Å². The van der Waals surface area contributed by atoms with Crippen LogP contribution in [0.4, 0.5) is 0 Å². The first-order chi connectivity index (χ1) is 12.1. The van der Waals surface area contributed by atoms with Crippen molar-refractivity contribution in [2.75, 3.05) is 6.54 Å². The van der Waals surface area contributed by atoms with Crippen LogP contribution in [0.2, 0.25) is 0 Å². The first kappa shape index (κ1) is 17.2. The highest BCUT2D eigenvalue weighted by molar-refractivity contribution is 7.16. The molecule has 0 spiro atoms. The smallest absolute Gasteiger partial charge is 0.305 e. The molecule has 0 aliphatic heterocycles. The lowest BCUT2D eigenvalue weighted by molar-refractivity contribution is -0.120. The number of aliphatic hydroxyl groups is 1. The molecule has 3 aromatic rings. The van der Waals surface area contributed by atoms with Gasteiger partial charge >= 0.3 is 4.87 Å². The number of aromatic hydroxyl groups is 1. The summed E-state index contributed by atoms with van der Waals surface area (Å²) in [5, 5.41) is 21.8. The molecule has 2 aromatic carbocycles. The first-order valence-corrected chi connectivity index (χ1v) is 8.67. The van der Waals surface area contributed by atoms with Crippen molar-refractivity contribution in [3.63, 3.8) is 0 Å². The summed E-state index contributed by atoms with van der Waals surface area (Å²) in [5.41, 5.74) is 2.97. The minimum atomic E-state index is -0.217. The van der Waals surface area contributed by atoms with E-state index in [0.717, 1.165) is 32.7 Å². The average molecular weight is 358 g/mol. The van der Waals surface area contributed by atoms with Gasteiger partial charge in [-0.1, -0.05) is 41.7 Å². The van der Waals surface area contributed by atoms with Gasteiger partial charge < -0.3 is 20.5 Å². The number of amides is 1. The predicted octanol–water partition coefficient (Wildman–Crippen LogP) is 1.69. The van der Waals surface area contributed by atoms with Gasteiger partial charge in [0.25, 0.3) is 0 Å². The number of phenols is 1. The molecule has 4 N–H and O–H groups in total. The molecule has 0 aliphatic rings. The molecule has 0 aliphatic carbocycles. The standard InChI is InChI=1S/C18H18N2O4S/c21-10-12-3-1-2-11(8-12)9-15(23)19-7-6-13-4-5-14(22)16-17(13)25-18(24)20-16/h1-5,8,21-22H,6-7,9-10H2,(H,19,23)(H,20,24). The summed E-state index contributed by atoms with van der Waals surface area (Å²) in [6, 6.07) is 10.6. The quantitative estimate of drug-likeness (QED) is 0.538. The van der Waals surface area contributed by atoms with Crippen LogP contribution in [-0.2, 0) is 24.2 Å². The van der Waals surface area contributed by atoms with Crippen molar-refractivity contribution in [1.82, 2.24) is 10.3 Å². The summed E-state index contributed by atoms with van der Waals surface area (Å²) in [5.74, 6) is -0.0581. The lowest BCUT2D eigenvalue weighted by Gasteiger charge is -2.07. The predicted molar refractivity (Wildman–Crippen MR) is 96.9 cm³/mol. The van der Waals surface area contributed by atoms with E-state index < -0.39 is 0 Å². The molecule has 130 valence electrons. The number of thiazole rings is 1. The zero-order valence-corrected chi connectivity index (χ0v) is 14.2. The maximum Gasteiger partial charge on any atom is 0.305 e. The molecule has 0 saturated carbocycles. The third-order valence-electron chi connectivity index (χ3n) is 3.89. The topological polar surface area (TPSA) is 102 Å². The minimum Gasteiger partial charge on any atom is -0.506 e. The van der Waals surface area contributed by atoms with Gasteiger partial charge in [0.05, 0.1) is 17.7 Å². The van der Waals surface area contributed by atoms with Gasteiger partial charge in [-0.2, -0.15) is 0 Å². The highest BCUT2D eigenvalue weighted by atomic mass is 32.1. The second-order valence-corrected chi connectivity index (χ2v) is 6.70. The number of nitrogens with one attached hydrogen (secondary N) is 2. The Morgan fingerprint density at radius 1 is 1.20 bits per heavy atom. The van der Waals surface area contributed by atoms with Crippen molar-refractivity contribution in [3.8, 4) is 5.75 Å². The van der Waals surface area contributed by atoms with E-state index in [-0.39, 0.29) is 29.6 Å². The normalized spacial score (nSPS) is 10.9. The van der Waals surface area contributed by atoms with Crippen LogP contribution in [0.25, 0.3) is 10.2 Å². The summed E-state index contributed by atoms with van der Waals surface area (Å²) >= 11 is 1.05. The molecule has 0 atom stereocenters. The summed E-state index contributed by atoms with van der Waals surface area (Å²) in [4.78, 5) is 25.9. The Morgan fingerprint density at radius 2 is 2.00 bits per heavy atom. The highest BCUT2D eigenvalue weighted by Crippen LogP contribution is 2.27. The van der Waals surface area contributed by atoms with E-state index in [2.05, 4.69) is 10.3 Å². The van der Waals surface area contributed by atoms with Gasteiger partial charge in [0.15, 0.2) is 0 Å². The van der Waals surface area contributed by atoms with Gasteiger partial charge in [0.2, 0.25) is 5.91 Å². The van der Waals surface area contributed by atoms with Crippen molar-refractivity contribution < 1.29 is 15.0 Å². The van der Waals surface area contributed by atoms with Gasteiger partial charge in [-0.3, -0.25) is 9.59 Å². The van der Waals surface area contributed by atoms with Crippen molar-refractivity contribution in [2.45, 2.75) is 19.4 Å². The Bertz CT molecular complexity index is 961. The molecule has 0 radical (unpaired) electrons. The van der Waals surface area contributed by atoms with Gasteiger partial charge in [-0.05, 0) is 29.2 Å². The van der Waals surface area contributed by atoms with Crippen LogP contribution in [0.5, 0.6) is 5.75 Å². The number of benzene rings is 2. The van der Waals surface area contributed by atoms with Crippen LogP contribution in [0.1, 0.15) is 16.7 Å². The first-order valence-electron chi connectivity index (χ1n) is 7.86. The number of carbonyl (C=O) groups excluding carboxylic acids is 1. The summed E-state index contributed by atoms with van der Waals surface area (Å²) in [6.07, 6.45) is 0.809. The number of phenolic OH excluding ortho intramolecular Hbond substituents is 1. The maximum atomic E-state index is 12.1. The van der Waals surface area contributed by atoms with E-state index in [1.807, 2.05) is 12.1 Å². The summed E-state index contributed by atoms with van der Waals surface area (Å²) in [6.45, 7) is 0.385. The van der Waals surface area contributed by atoms with Crippen LogP contribution in [-0.4, -0.2) is 27.6 Å². The molecule has 0 fully saturated rings. The van der Waals surface area contributed by atoms with Crippen LogP contribution in [0.15, 0.2) is 41.2 Å². The van der Waals surface area contributed by atoms with Crippen molar-refractivity contribution in [3.05, 3.63) is 62.8 Å². The van der Waals surface area contributed by atoms with Crippen molar-refractivity contribution >= 4 is 27.5 Å². The number of aromatic amines is 1. The Kier molecular flexibility index (Phi) is 5.16. The lowest BCUT2D eigenvalue weighted by atomic mass is 10.1. The molecule has 1 heterocycles. The second-order valence-electron chi connectivity index (χ2n) is 5.72. The van der Waals surface area contributed by atoms with Crippen molar-refractivity contribution in [1.29, 1.82) is 0 Å². The van der Waals surface area contributed by atoms with Gasteiger partial charge in [-0.15, -0.1) is 0 Å². The third kappa shape index (κ3) is 4.07. The molecule has 1 amide bonds. The van der Waals surface area contributed by atoms with Crippen LogP contribution >= 0.6 is 11.3 Å². The Morgan fingerprint density at radius 3 is 2.80 bits per heavy atom. The number of carbonyl (C=O) groups is 1. The second kappa shape index (κ2) is 7.50. The zero-order valence-electron chi connectivity index (χ0n) is 13.4. The average Bonchev–Trinajstić information content (AvgIpc) is 3.00. The van der Waals surface area contributed by atoms with Gasteiger partial charge in [0, 0.05) is 6.54 Å². The summed E-state index contributed by atoms with van der Waals surface area (Å²) < 4.78 is 0.717. The molecule has 25 heavy (non-hydrogen) atoms. The molecule has 0 unspecified atom stereocenters. The fourth-order valence-corrected chi connectivity index (χ4v) is 3.59. The molecule has 6 nitrogen and oxygen atoms in total. The minimum absolute atomic E-state index is 0.0462. The Hall–Kier alpha value is -2.64. The molecule has 0 bridgehead atoms. The van der Waals surface area contributed by atoms with Gasteiger partial charge in [0.1, 0.15) is 11.3 Å². The largest absolute Gasteiger partial charge is 0.506 e. The molecule has 0 saturated heterocycles. The third-order valence-corrected chi connectivity index (χ3v) is 4.85. The fourth-order valence-electron chi connectivity index (χ4n) is 2.69. The SMILES string of the molecule is O=C(Cc1cccc(CO)c1)NCCc1ccc(O)c2[nH]c(=O)sc12. The lowest BCUT2D eigenvalue weighted by Crippen LogP contribution is -2.27. The maximum absolute atomic E-state index is 12.1. The van der Waals surface area contributed by atoms with E-state index in [1.165, 1.54) is 0 Å². The number of hydrogen-bond donors (Lipinski definition) is 4. The van der Waals surface area contributed by atoms with E-state index in [0.29, 0.717) is 18.5 Å². The van der Waals surface area contributed by atoms with E-state index >= 15 is 0 Å². The van der Waals surface area contributed by atoms with Crippen LogP contribution in [0.3, 0.4) is 0 Å². The zero-order chi connectivity index (χ0) is 17.8. The monoisotopic (exact) mass is 358 g/mol. The van der Waals surface area contributed by atoms with E-state index in [4.69, 9.17) is 5.11 Å². The number of aromatic nitrogens is 1. The molecule has 7 heteroatoms. The van der Waals surface area contributed by atoms with Crippen LogP contribution in [0, 0.1) is 0 Å². The number of rotatable bonds is 6. The Labute approximate surface area is 147 Å². The van der Waals surface area contributed by atoms with E-state index in [1.54, 1.807) is 24.3 Å². The summed E-state index contributed by atoms with van der Waals surface area (Å²) in [7, 11) is 0. The molecule has 1 aromatic heterocycles. The van der Waals surface area contributed by atoms with Gasteiger partial charge in [-0.25, -0.2) is 0 Å². The molecule has 3 rings (SSSR count). The number of hydrogen-bond acceptors (Lipinski definition) is 5. The fraction of sp³-hybridized carbons (Fsp3) is 0.222. The number of aliphatic hydroxyl groups excluding tert-OH is 1. The Balaban J connectivity index is 1.60. The number of H-pyrrole nitrogens is 1. The van der Waals surface area contributed by atoms with Crippen molar-refractivity contribution in [2.24, 2.45) is 0 Å². The van der Waals surface area contributed by atoms with Crippen LogP contribution < -0.4 is 10.2 Å². The highest BCUT2D eigenvalue weighted by Gasteiger charge is 2.10.